The topological polar surface area (TPSA) is 115 Å². The summed E-state index contributed by atoms with van der Waals surface area (Å²) in [7, 11) is -3.64. The lowest BCUT2D eigenvalue weighted by molar-refractivity contribution is 0.0523. The van der Waals surface area contributed by atoms with E-state index >= 15 is 0 Å². The minimum Gasteiger partial charge on any atom is -0.491 e. The van der Waals surface area contributed by atoms with Gasteiger partial charge in [0.15, 0.2) is 5.82 Å². The van der Waals surface area contributed by atoms with Crippen LogP contribution in [-0.4, -0.2) is 49.2 Å². The van der Waals surface area contributed by atoms with E-state index in [1.807, 2.05) is 0 Å². The number of ether oxygens (including phenoxy) is 1. The Morgan fingerprint density at radius 3 is 2.93 bits per heavy atom. The van der Waals surface area contributed by atoms with Gasteiger partial charge in [0.25, 0.3) is 15.9 Å². The van der Waals surface area contributed by atoms with Crippen LogP contribution < -0.4 is 10.5 Å². The predicted molar refractivity (Wildman–Crippen MR) is 108 cm³/mol. The minimum atomic E-state index is -3.64. The molecule has 1 atom stereocenters. The second-order valence-corrected chi connectivity index (χ2v) is 8.94. The molecule has 1 aromatic heterocycles. The quantitative estimate of drug-likeness (QED) is 0.788. The number of hydrogen-bond acceptors (Lipinski definition) is 6. The Balaban J connectivity index is 1.55. The Bertz CT molecular complexity index is 1120. The molecule has 0 radical (unpaired) electrons. The molecule has 0 unspecified atom stereocenters. The van der Waals surface area contributed by atoms with Gasteiger partial charge in [-0.3, -0.25) is 9.78 Å². The maximum atomic E-state index is 14.0. The molecule has 2 aliphatic heterocycles. The van der Waals surface area contributed by atoms with Crippen LogP contribution in [0.4, 0.5) is 4.39 Å². The first-order valence-electron chi connectivity index (χ1n) is 9.59. The highest BCUT2D eigenvalue weighted by molar-refractivity contribution is 7.89. The minimum absolute atomic E-state index is 0.0180. The summed E-state index contributed by atoms with van der Waals surface area (Å²) in [6.45, 7) is 0.679. The van der Waals surface area contributed by atoms with Gasteiger partial charge < -0.3 is 15.4 Å². The number of carbonyl (C=O) groups excluding carboxylic acids is 1. The number of nitrogens with zero attached hydrogens (tertiary/aromatic N) is 3. The van der Waals surface area contributed by atoms with E-state index in [4.69, 9.17) is 10.5 Å². The van der Waals surface area contributed by atoms with Gasteiger partial charge in [0.1, 0.15) is 18.2 Å². The zero-order chi connectivity index (χ0) is 21.3. The van der Waals surface area contributed by atoms with Crippen molar-refractivity contribution in [3.63, 3.8) is 0 Å². The van der Waals surface area contributed by atoms with E-state index in [0.717, 1.165) is 19.0 Å². The summed E-state index contributed by atoms with van der Waals surface area (Å²) < 4.78 is 47.3. The van der Waals surface area contributed by atoms with Gasteiger partial charge in [-0.15, -0.1) is 4.40 Å². The second-order valence-electron chi connectivity index (χ2n) is 7.31. The number of hydrogen-bond donors (Lipinski definition) is 1. The molecule has 1 saturated heterocycles. The number of aromatic nitrogens is 1. The fourth-order valence-electron chi connectivity index (χ4n) is 3.86. The first-order valence-corrected chi connectivity index (χ1v) is 11.2. The maximum Gasteiger partial charge on any atom is 0.259 e. The van der Waals surface area contributed by atoms with Crippen LogP contribution in [0.3, 0.4) is 0 Å². The molecule has 0 bridgehead atoms. The molecule has 1 aromatic carbocycles. The molecular weight excluding hydrogens is 411 g/mol. The molecule has 8 nitrogen and oxygen atoms in total. The van der Waals surface area contributed by atoms with Gasteiger partial charge in [-0.05, 0) is 37.0 Å². The number of sulfonamides is 1. The van der Waals surface area contributed by atoms with E-state index in [-0.39, 0.29) is 29.8 Å². The Labute approximate surface area is 173 Å². The van der Waals surface area contributed by atoms with E-state index in [2.05, 4.69) is 9.38 Å². The molecule has 1 amide bonds. The van der Waals surface area contributed by atoms with Crippen LogP contribution in [0, 0.1) is 5.82 Å². The summed E-state index contributed by atoms with van der Waals surface area (Å²) in [5.41, 5.74) is 6.84. The highest BCUT2D eigenvalue weighted by atomic mass is 32.2. The molecule has 0 aliphatic carbocycles. The monoisotopic (exact) mass is 432 g/mol. The number of pyridine rings is 1. The summed E-state index contributed by atoms with van der Waals surface area (Å²) in [6, 6.07) is 6.18. The average molecular weight is 432 g/mol. The first kappa shape index (κ1) is 20.3. The van der Waals surface area contributed by atoms with Crippen LogP contribution in [0.2, 0.25) is 0 Å². The van der Waals surface area contributed by atoms with Crippen molar-refractivity contribution in [3.05, 3.63) is 59.2 Å². The number of rotatable bonds is 4. The average Bonchev–Trinajstić information content (AvgIpc) is 2.71. The van der Waals surface area contributed by atoms with Gasteiger partial charge in [-0.1, -0.05) is 12.1 Å². The van der Waals surface area contributed by atoms with E-state index in [1.165, 1.54) is 12.3 Å². The van der Waals surface area contributed by atoms with E-state index < -0.39 is 21.7 Å². The van der Waals surface area contributed by atoms with Crippen molar-refractivity contribution in [2.75, 3.05) is 13.2 Å². The van der Waals surface area contributed by atoms with Crippen LogP contribution >= 0.6 is 0 Å². The van der Waals surface area contributed by atoms with Gasteiger partial charge in [0, 0.05) is 12.7 Å². The second kappa shape index (κ2) is 8.02. The van der Waals surface area contributed by atoms with Crippen molar-refractivity contribution in [2.24, 2.45) is 10.1 Å². The lowest BCUT2D eigenvalue weighted by Crippen LogP contribution is -2.47. The van der Waals surface area contributed by atoms with E-state index in [1.54, 1.807) is 23.1 Å². The Morgan fingerprint density at radius 1 is 1.30 bits per heavy atom. The standard InChI is InChI=1S/C20H21FN4O4S/c21-16-10-23-8-7-15(16)20(26)25-9-2-1-5-14(25)11-29-17-6-3-4-13-12-30(27,28)24-19(22)18(13)17/h3-4,6-8,10,14H,1-2,5,9,11-12H2,(H2,22,24)/t14-/m1/s1. The van der Waals surface area contributed by atoms with Crippen LogP contribution in [0.25, 0.3) is 0 Å². The lowest BCUT2D eigenvalue weighted by Gasteiger charge is -2.36. The van der Waals surface area contributed by atoms with Gasteiger partial charge in [0.05, 0.1) is 29.1 Å². The number of likely N-dealkylation sites (tertiary alicyclic amines) is 1. The summed E-state index contributed by atoms with van der Waals surface area (Å²) in [5, 5.41) is 0. The highest BCUT2D eigenvalue weighted by Crippen LogP contribution is 2.29. The van der Waals surface area contributed by atoms with Gasteiger partial charge in [-0.2, -0.15) is 0 Å². The largest absolute Gasteiger partial charge is 0.491 e. The van der Waals surface area contributed by atoms with Crippen molar-refractivity contribution < 1.29 is 22.3 Å². The molecule has 2 N–H and O–H groups in total. The van der Waals surface area contributed by atoms with Crippen LogP contribution in [0.15, 0.2) is 41.1 Å². The van der Waals surface area contributed by atoms with Crippen molar-refractivity contribution in [1.29, 1.82) is 0 Å². The fourth-order valence-corrected chi connectivity index (χ4v) is 4.95. The summed E-state index contributed by atoms with van der Waals surface area (Å²) >= 11 is 0. The van der Waals surface area contributed by atoms with Crippen LogP contribution in [0.1, 0.15) is 40.7 Å². The number of piperidine rings is 1. The fraction of sp³-hybridized carbons (Fsp3) is 0.350. The zero-order valence-electron chi connectivity index (χ0n) is 16.1. The molecule has 0 spiro atoms. The van der Waals surface area contributed by atoms with Crippen molar-refractivity contribution in [1.82, 2.24) is 9.88 Å². The normalized spacial score (nSPS) is 20.2. The lowest BCUT2D eigenvalue weighted by atomic mass is 10.0. The number of amidine groups is 1. The maximum absolute atomic E-state index is 14.0. The zero-order valence-corrected chi connectivity index (χ0v) is 16.9. The Morgan fingerprint density at radius 2 is 2.13 bits per heavy atom. The number of benzene rings is 1. The smallest absolute Gasteiger partial charge is 0.259 e. The third kappa shape index (κ3) is 4.00. The number of amides is 1. The number of fused-ring (bicyclic) bond motifs is 1. The molecule has 4 rings (SSSR count). The molecule has 30 heavy (non-hydrogen) atoms. The van der Waals surface area contributed by atoms with Crippen LogP contribution in [0.5, 0.6) is 5.75 Å². The Kier molecular flexibility index (Phi) is 5.42. The molecule has 3 heterocycles. The van der Waals surface area contributed by atoms with Crippen molar-refractivity contribution >= 4 is 21.8 Å². The molecule has 10 heteroatoms. The third-order valence-electron chi connectivity index (χ3n) is 5.27. The third-order valence-corrected chi connectivity index (χ3v) is 6.42. The SMILES string of the molecule is NC1=NS(=O)(=O)Cc2cccc(OC[C@H]3CCCCN3C(=O)c3ccncc3F)c21. The Hall–Kier alpha value is -3.01. The van der Waals surface area contributed by atoms with Gasteiger partial charge in [-0.25, -0.2) is 12.8 Å². The number of carbonyl (C=O) groups is 1. The van der Waals surface area contributed by atoms with Crippen molar-refractivity contribution in [3.8, 4) is 5.75 Å². The van der Waals surface area contributed by atoms with Gasteiger partial charge >= 0.3 is 0 Å². The molecule has 158 valence electrons. The highest BCUT2D eigenvalue weighted by Gasteiger charge is 2.30. The van der Waals surface area contributed by atoms with Gasteiger partial charge in [0.2, 0.25) is 0 Å². The number of halogens is 1. The summed E-state index contributed by atoms with van der Waals surface area (Å²) in [4.78, 5) is 18.2. The van der Waals surface area contributed by atoms with Crippen molar-refractivity contribution in [2.45, 2.75) is 31.1 Å². The summed E-state index contributed by atoms with van der Waals surface area (Å²) in [5.74, 6) is -0.991. The van der Waals surface area contributed by atoms with E-state index in [9.17, 15) is 17.6 Å². The molecule has 0 saturated carbocycles. The summed E-state index contributed by atoms with van der Waals surface area (Å²) in [6.07, 6.45) is 4.87. The molecule has 1 fully saturated rings. The van der Waals surface area contributed by atoms with Crippen LogP contribution in [-0.2, 0) is 15.8 Å². The molecule has 2 aliphatic rings. The van der Waals surface area contributed by atoms with E-state index in [0.29, 0.717) is 29.8 Å². The molecule has 2 aromatic rings. The first-order chi connectivity index (χ1) is 14.4. The predicted octanol–water partition coefficient (Wildman–Crippen LogP) is 1.84. The number of nitrogens with two attached hydrogens (primary N) is 1. The molecular formula is C20H21FN4O4S.